The summed E-state index contributed by atoms with van der Waals surface area (Å²) >= 11 is 0. The van der Waals surface area contributed by atoms with Gasteiger partial charge >= 0.3 is 6.08 Å². The molecule has 78 valence electrons. The van der Waals surface area contributed by atoms with Gasteiger partial charge in [-0.2, -0.15) is 4.79 Å². The summed E-state index contributed by atoms with van der Waals surface area (Å²) in [6.07, 6.45) is 1.92. The molecule has 1 rings (SSSR count). The van der Waals surface area contributed by atoms with Gasteiger partial charge in [-0.3, -0.25) is 0 Å². The SMILES string of the molecule is C=C(C)[N+](=C=O)C(C)(C)c1ccccc1. The minimum Gasteiger partial charge on any atom is -0.159 e. The lowest BCUT2D eigenvalue weighted by molar-refractivity contribution is -0.562. The molecule has 0 unspecified atom stereocenters. The zero-order chi connectivity index (χ0) is 11.5. The first-order valence-electron chi connectivity index (χ1n) is 4.89. The Hall–Kier alpha value is -1.66. The van der Waals surface area contributed by atoms with Crippen LogP contribution in [0.4, 0.5) is 0 Å². The number of carbonyl (C=O) groups excluding carboxylic acids is 1. The van der Waals surface area contributed by atoms with Crippen molar-refractivity contribution in [2.24, 2.45) is 0 Å². The molecule has 0 amide bonds. The van der Waals surface area contributed by atoms with Crippen LogP contribution >= 0.6 is 0 Å². The van der Waals surface area contributed by atoms with E-state index in [1.807, 2.05) is 50.3 Å². The summed E-state index contributed by atoms with van der Waals surface area (Å²) in [6.45, 7) is 9.53. The minimum atomic E-state index is -0.408. The molecule has 0 spiro atoms. The molecule has 0 heterocycles. The molecule has 0 aliphatic rings. The lowest BCUT2D eigenvalue weighted by Crippen LogP contribution is -2.31. The number of allylic oxidation sites excluding steroid dienone is 1. The monoisotopic (exact) mass is 202 g/mol. The van der Waals surface area contributed by atoms with E-state index in [0.717, 1.165) is 5.56 Å². The molecule has 0 fully saturated rings. The van der Waals surface area contributed by atoms with Gasteiger partial charge in [0.05, 0.1) is 0 Å². The zero-order valence-corrected chi connectivity index (χ0v) is 9.45. The lowest BCUT2D eigenvalue weighted by atomic mass is 9.93. The summed E-state index contributed by atoms with van der Waals surface area (Å²) in [4.78, 5) is 10.9. The molecule has 0 saturated heterocycles. The van der Waals surface area contributed by atoms with Gasteiger partial charge in [0.25, 0.3) is 0 Å². The van der Waals surface area contributed by atoms with Gasteiger partial charge in [-0.15, -0.1) is 4.58 Å². The Morgan fingerprint density at radius 1 is 1.33 bits per heavy atom. The number of hydrogen-bond donors (Lipinski definition) is 0. The highest BCUT2D eigenvalue weighted by molar-refractivity contribution is 5.29. The molecule has 0 radical (unpaired) electrons. The summed E-state index contributed by atoms with van der Waals surface area (Å²) in [5.41, 5.74) is 1.35. The summed E-state index contributed by atoms with van der Waals surface area (Å²) in [6, 6.07) is 9.85. The van der Waals surface area contributed by atoms with E-state index in [9.17, 15) is 4.79 Å². The second kappa shape index (κ2) is 4.24. The largest absolute Gasteiger partial charge is 0.431 e. The lowest BCUT2D eigenvalue weighted by Gasteiger charge is -2.19. The van der Waals surface area contributed by atoms with Crippen molar-refractivity contribution in [2.45, 2.75) is 26.3 Å². The van der Waals surface area contributed by atoms with E-state index in [4.69, 9.17) is 0 Å². The molecule has 0 bridgehead atoms. The van der Waals surface area contributed by atoms with Crippen LogP contribution < -0.4 is 0 Å². The number of rotatable bonds is 3. The molecular formula is C13H16NO+. The van der Waals surface area contributed by atoms with Crippen LogP contribution in [-0.4, -0.2) is 10.7 Å². The van der Waals surface area contributed by atoms with Crippen LogP contribution in [0.2, 0.25) is 0 Å². The maximum Gasteiger partial charge on any atom is 0.431 e. The van der Waals surface area contributed by atoms with Crippen molar-refractivity contribution in [3.05, 3.63) is 48.2 Å². The standard InChI is InChI=1S/C13H16NO/c1-11(2)14(10-15)13(3,4)12-8-6-5-7-9-12/h5-9H,1H2,2-4H3/q+1. The average molecular weight is 202 g/mol. The maximum atomic E-state index is 10.9. The van der Waals surface area contributed by atoms with E-state index < -0.39 is 5.54 Å². The van der Waals surface area contributed by atoms with E-state index in [2.05, 4.69) is 6.58 Å². The Labute approximate surface area is 90.6 Å². The molecule has 1 aromatic carbocycles. The first-order valence-corrected chi connectivity index (χ1v) is 4.89. The number of hydrogen-bond acceptors (Lipinski definition) is 1. The Bertz CT molecular complexity index is 411. The molecular weight excluding hydrogens is 186 g/mol. The van der Waals surface area contributed by atoms with Crippen molar-refractivity contribution < 1.29 is 9.37 Å². The third-order valence-electron chi connectivity index (χ3n) is 2.51. The maximum absolute atomic E-state index is 10.9. The first kappa shape index (κ1) is 11.4. The van der Waals surface area contributed by atoms with E-state index in [1.54, 1.807) is 6.92 Å². The van der Waals surface area contributed by atoms with E-state index in [1.165, 1.54) is 4.58 Å². The highest BCUT2D eigenvalue weighted by Crippen LogP contribution is 2.25. The predicted octanol–water partition coefficient (Wildman–Crippen LogP) is 2.80. The predicted molar refractivity (Wildman–Crippen MR) is 60.2 cm³/mol. The number of nitrogens with zero attached hydrogens (tertiary/aromatic N) is 1. The fourth-order valence-corrected chi connectivity index (χ4v) is 1.64. The van der Waals surface area contributed by atoms with E-state index in [0.29, 0.717) is 5.70 Å². The molecule has 0 N–H and O–H groups in total. The van der Waals surface area contributed by atoms with Crippen LogP contribution in [0.1, 0.15) is 26.3 Å². The van der Waals surface area contributed by atoms with Crippen molar-refractivity contribution in [1.82, 2.24) is 0 Å². The van der Waals surface area contributed by atoms with Crippen LogP contribution in [-0.2, 0) is 10.3 Å². The Kier molecular flexibility index (Phi) is 3.23. The van der Waals surface area contributed by atoms with E-state index in [-0.39, 0.29) is 0 Å². The van der Waals surface area contributed by atoms with Crippen molar-refractivity contribution in [1.29, 1.82) is 0 Å². The topological polar surface area (TPSA) is 20.1 Å². The van der Waals surface area contributed by atoms with Crippen molar-refractivity contribution in [3.8, 4) is 0 Å². The van der Waals surface area contributed by atoms with Gasteiger partial charge in [-0.1, -0.05) is 30.3 Å². The molecule has 0 saturated carbocycles. The second-order valence-corrected chi connectivity index (χ2v) is 4.09. The molecule has 0 atom stereocenters. The number of benzene rings is 1. The Balaban J connectivity index is 3.24. The number of isocyanates is 1. The van der Waals surface area contributed by atoms with Crippen LogP contribution in [0.15, 0.2) is 42.6 Å². The van der Waals surface area contributed by atoms with Crippen LogP contribution in [0.3, 0.4) is 0 Å². The Morgan fingerprint density at radius 2 is 1.87 bits per heavy atom. The summed E-state index contributed by atoms with van der Waals surface area (Å²) in [7, 11) is 0. The van der Waals surface area contributed by atoms with Gasteiger partial charge in [0.2, 0.25) is 0 Å². The first-order chi connectivity index (χ1) is 7.00. The van der Waals surface area contributed by atoms with Crippen molar-refractivity contribution in [3.63, 3.8) is 0 Å². The molecule has 2 heteroatoms. The summed E-state index contributed by atoms with van der Waals surface area (Å²) in [5.74, 6) is 0. The smallest absolute Gasteiger partial charge is 0.159 e. The molecule has 15 heavy (non-hydrogen) atoms. The van der Waals surface area contributed by atoms with Crippen molar-refractivity contribution in [2.75, 3.05) is 0 Å². The fraction of sp³-hybridized carbons (Fsp3) is 0.308. The molecule has 2 nitrogen and oxygen atoms in total. The van der Waals surface area contributed by atoms with Crippen LogP contribution in [0.5, 0.6) is 0 Å². The average Bonchev–Trinajstić information content (AvgIpc) is 2.19. The fourth-order valence-electron chi connectivity index (χ4n) is 1.64. The Morgan fingerprint density at radius 3 is 2.27 bits per heavy atom. The van der Waals surface area contributed by atoms with Crippen LogP contribution in [0, 0.1) is 0 Å². The third kappa shape index (κ3) is 2.23. The molecule has 0 aromatic heterocycles. The molecule has 0 aliphatic carbocycles. The minimum absolute atomic E-state index is 0.408. The molecule has 1 aromatic rings. The van der Waals surface area contributed by atoms with Gasteiger partial charge in [0.15, 0.2) is 11.2 Å². The zero-order valence-electron chi connectivity index (χ0n) is 9.45. The van der Waals surface area contributed by atoms with Gasteiger partial charge in [0, 0.05) is 26.3 Å². The third-order valence-corrected chi connectivity index (χ3v) is 2.51. The van der Waals surface area contributed by atoms with Crippen LogP contribution in [0.25, 0.3) is 0 Å². The van der Waals surface area contributed by atoms with Gasteiger partial charge in [0.1, 0.15) is 0 Å². The van der Waals surface area contributed by atoms with E-state index >= 15 is 0 Å². The quantitative estimate of drug-likeness (QED) is 0.419. The molecule has 0 aliphatic heterocycles. The second-order valence-electron chi connectivity index (χ2n) is 4.09. The highest BCUT2D eigenvalue weighted by Gasteiger charge is 2.34. The van der Waals surface area contributed by atoms with Gasteiger partial charge < -0.3 is 0 Å². The highest BCUT2D eigenvalue weighted by atomic mass is 16.1. The van der Waals surface area contributed by atoms with Crippen molar-refractivity contribution >= 4 is 6.08 Å². The summed E-state index contributed by atoms with van der Waals surface area (Å²) < 4.78 is 1.52. The normalized spacial score (nSPS) is 10.6. The van der Waals surface area contributed by atoms with Gasteiger partial charge in [-0.05, 0) is 6.58 Å². The van der Waals surface area contributed by atoms with Gasteiger partial charge in [-0.25, -0.2) is 0 Å². The summed E-state index contributed by atoms with van der Waals surface area (Å²) in [5, 5.41) is 0.